The van der Waals surface area contributed by atoms with Crippen LogP contribution in [0.1, 0.15) is 0 Å². The van der Waals surface area contributed by atoms with Crippen molar-refractivity contribution in [2.75, 3.05) is 0 Å². The van der Waals surface area contributed by atoms with Gasteiger partial charge < -0.3 is 0 Å². The van der Waals surface area contributed by atoms with Gasteiger partial charge in [-0.1, -0.05) is 115 Å². The first-order chi connectivity index (χ1) is 27.3. The number of benzene rings is 8. The molecule has 0 amide bonds. The first kappa shape index (κ1) is 30.1. The Morgan fingerprint density at radius 1 is 0.364 bits per heavy atom. The van der Waals surface area contributed by atoms with Gasteiger partial charge in [0.1, 0.15) is 11.5 Å². The van der Waals surface area contributed by atoms with Crippen molar-refractivity contribution in [3.8, 4) is 39.3 Å². The van der Waals surface area contributed by atoms with Crippen molar-refractivity contribution < 1.29 is 0 Å². The second-order valence-corrected chi connectivity index (χ2v) is 14.3. The largest absolute Gasteiger partial charge is 0.278 e. The smallest absolute Gasteiger partial charge is 0.146 e. The number of hydrogen-bond acceptors (Lipinski definition) is 3. The summed E-state index contributed by atoms with van der Waals surface area (Å²) in [6.07, 6.45) is 5.57. The van der Waals surface area contributed by atoms with Gasteiger partial charge in [-0.25, -0.2) is 9.97 Å². The minimum absolute atomic E-state index is 0.857. The molecule has 4 heterocycles. The molecular formula is C51H30N4. The third kappa shape index (κ3) is 4.31. The molecule has 4 nitrogen and oxygen atoms in total. The average Bonchev–Trinajstić information content (AvgIpc) is 3.59. The normalized spacial score (nSPS) is 12.0. The minimum Gasteiger partial charge on any atom is -0.278 e. The number of nitrogens with zero attached hydrogens (tertiary/aromatic N) is 4. The highest BCUT2D eigenvalue weighted by Crippen LogP contribution is 2.48. The van der Waals surface area contributed by atoms with E-state index in [0.29, 0.717) is 0 Å². The Hall–Kier alpha value is -7.43. The predicted octanol–water partition coefficient (Wildman–Crippen LogP) is 13.2. The minimum atomic E-state index is 0.857. The molecule has 0 atom stereocenters. The van der Waals surface area contributed by atoms with E-state index in [2.05, 4.69) is 138 Å². The summed E-state index contributed by atoms with van der Waals surface area (Å²) in [5.41, 5.74) is 9.04. The summed E-state index contributed by atoms with van der Waals surface area (Å²) in [4.78, 5) is 14.3. The van der Waals surface area contributed by atoms with Crippen LogP contribution in [0.4, 0.5) is 0 Å². The van der Waals surface area contributed by atoms with Crippen LogP contribution in [0.25, 0.3) is 115 Å². The number of aromatic nitrogens is 4. The maximum Gasteiger partial charge on any atom is 0.146 e. The molecule has 254 valence electrons. The van der Waals surface area contributed by atoms with Crippen LogP contribution in [-0.4, -0.2) is 19.5 Å². The van der Waals surface area contributed by atoms with E-state index in [-0.39, 0.29) is 0 Å². The van der Waals surface area contributed by atoms with Gasteiger partial charge >= 0.3 is 0 Å². The fraction of sp³-hybridized carbons (Fsp3) is 0. The Kier molecular flexibility index (Phi) is 6.31. The standard InChI is InChI=1S/C51H30N4/c1-3-12-37-35(10-1)47(33-21-26-45-43(30-33)42-14-9-29-54-51(42)55(45)46-16-6-8-28-53-46)36-11-2-4-13-38(36)50(37)41-25-20-32-18-23-39-34(44-15-5-7-27-52-44)22-17-31-19-24-40(41)49(32)48(31)39/h1-30H. The van der Waals surface area contributed by atoms with Crippen LogP contribution in [-0.2, 0) is 0 Å². The van der Waals surface area contributed by atoms with Crippen molar-refractivity contribution in [2.45, 2.75) is 0 Å². The van der Waals surface area contributed by atoms with Gasteiger partial charge in [-0.2, -0.15) is 0 Å². The van der Waals surface area contributed by atoms with Crippen molar-refractivity contribution in [2.24, 2.45) is 0 Å². The van der Waals surface area contributed by atoms with Gasteiger partial charge in [-0.3, -0.25) is 9.55 Å². The summed E-state index contributed by atoms with van der Waals surface area (Å²) in [7, 11) is 0. The highest BCUT2D eigenvalue weighted by atomic mass is 15.1. The molecule has 0 saturated carbocycles. The van der Waals surface area contributed by atoms with Crippen LogP contribution in [0.3, 0.4) is 0 Å². The highest BCUT2D eigenvalue weighted by Gasteiger charge is 2.22. The Labute approximate surface area is 315 Å². The zero-order valence-corrected chi connectivity index (χ0v) is 29.6. The second-order valence-electron chi connectivity index (χ2n) is 14.3. The third-order valence-electron chi connectivity index (χ3n) is 11.5. The first-order valence-corrected chi connectivity index (χ1v) is 18.7. The fourth-order valence-electron chi connectivity index (χ4n) is 9.21. The molecule has 0 unspecified atom stereocenters. The average molecular weight is 699 g/mol. The number of rotatable bonds is 4. The number of hydrogen-bond donors (Lipinski definition) is 0. The molecule has 0 fully saturated rings. The Morgan fingerprint density at radius 2 is 0.945 bits per heavy atom. The molecule has 0 aliphatic heterocycles. The van der Waals surface area contributed by atoms with E-state index in [0.717, 1.165) is 39.0 Å². The van der Waals surface area contributed by atoms with Crippen LogP contribution in [0.15, 0.2) is 182 Å². The molecule has 55 heavy (non-hydrogen) atoms. The van der Waals surface area contributed by atoms with E-state index in [4.69, 9.17) is 15.0 Å². The monoisotopic (exact) mass is 698 g/mol. The van der Waals surface area contributed by atoms with Gasteiger partial charge in [-0.15, -0.1) is 0 Å². The molecule has 12 rings (SSSR count). The molecule has 0 radical (unpaired) electrons. The van der Waals surface area contributed by atoms with E-state index in [1.165, 1.54) is 76.1 Å². The van der Waals surface area contributed by atoms with Crippen LogP contribution in [0, 0.1) is 0 Å². The lowest BCUT2D eigenvalue weighted by atomic mass is 9.83. The van der Waals surface area contributed by atoms with Gasteiger partial charge in [0.2, 0.25) is 0 Å². The molecule has 0 spiro atoms. The molecule has 4 heteroatoms. The molecule has 8 aromatic carbocycles. The summed E-state index contributed by atoms with van der Waals surface area (Å²) in [6, 6.07) is 59.3. The maximum absolute atomic E-state index is 4.84. The zero-order valence-electron chi connectivity index (χ0n) is 29.6. The second kappa shape index (κ2) is 11.5. The summed E-state index contributed by atoms with van der Waals surface area (Å²) in [5.74, 6) is 0.857. The lowest BCUT2D eigenvalue weighted by Crippen LogP contribution is -1.97. The lowest BCUT2D eigenvalue weighted by Gasteiger charge is -2.20. The summed E-state index contributed by atoms with van der Waals surface area (Å²) in [5, 5.41) is 14.7. The van der Waals surface area contributed by atoms with Gasteiger partial charge in [0, 0.05) is 34.9 Å². The lowest BCUT2D eigenvalue weighted by molar-refractivity contribution is 1.06. The Balaban J connectivity index is 1.14. The van der Waals surface area contributed by atoms with Crippen molar-refractivity contribution in [3.05, 3.63) is 182 Å². The zero-order chi connectivity index (χ0) is 36.0. The van der Waals surface area contributed by atoms with Crippen molar-refractivity contribution in [1.82, 2.24) is 19.5 Å². The van der Waals surface area contributed by atoms with E-state index in [9.17, 15) is 0 Å². The van der Waals surface area contributed by atoms with Gasteiger partial charge in [0.15, 0.2) is 0 Å². The topological polar surface area (TPSA) is 43.6 Å². The van der Waals surface area contributed by atoms with Crippen molar-refractivity contribution in [3.63, 3.8) is 0 Å². The van der Waals surface area contributed by atoms with Gasteiger partial charge in [0.25, 0.3) is 0 Å². The molecule has 0 aliphatic carbocycles. The summed E-state index contributed by atoms with van der Waals surface area (Å²) < 4.78 is 2.17. The molecular weight excluding hydrogens is 669 g/mol. The molecule has 12 aromatic rings. The number of pyridine rings is 3. The molecule has 4 aromatic heterocycles. The van der Waals surface area contributed by atoms with E-state index in [1.807, 2.05) is 48.9 Å². The van der Waals surface area contributed by atoms with Crippen LogP contribution >= 0.6 is 0 Å². The highest BCUT2D eigenvalue weighted by molar-refractivity contribution is 6.30. The Morgan fingerprint density at radius 3 is 1.62 bits per heavy atom. The number of fused-ring (bicyclic) bond motifs is 5. The van der Waals surface area contributed by atoms with Gasteiger partial charge in [0.05, 0.1) is 11.2 Å². The van der Waals surface area contributed by atoms with E-state index < -0.39 is 0 Å². The maximum atomic E-state index is 4.84. The van der Waals surface area contributed by atoms with E-state index >= 15 is 0 Å². The molecule has 0 saturated heterocycles. The molecule has 0 aliphatic rings. The summed E-state index contributed by atoms with van der Waals surface area (Å²) >= 11 is 0. The summed E-state index contributed by atoms with van der Waals surface area (Å²) in [6.45, 7) is 0. The van der Waals surface area contributed by atoms with E-state index in [1.54, 1.807) is 0 Å². The van der Waals surface area contributed by atoms with Crippen molar-refractivity contribution >= 4 is 75.8 Å². The van der Waals surface area contributed by atoms with Crippen LogP contribution in [0.2, 0.25) is 0 Å². The van der Waals surface area contributed by atoms with Gasteiger partial charge in [-0.05, 0) is 125 Å². The van der Waals surface area contributed by atoms with Crippen molar-refractivity contribution in [1.29, 1.82) is 0 Å². The molecule has 0 bridgehead atoms. The fourth-order valence-corrected chi connectivity index (χ4v) is 9.21. The molecule has 0 N–H and O–H groups in total. The van der Waals surface area contributed by atoms with Crippen LogP contribution < -0.4 is 0 Å². The Bertz CT molecular complexity index is 3420. The van der Waals surface area contributed by atoms with Crippen LogP contribution in [0.5, 0.6) is 0 Å². The quantitative estimate of drug-likeness (QED) is 0.136. The predicted molar refractivity (Wildman–Crippen MR) is 229 cm³/mol. The third-order valence-corrected chi connectivity index (χ3v) is 11.5. The SMILES string of the molecule is c1ccc(-c2ccc3ccc4c(-c5c6ccccc6c(-c6ccc7c(c6)c6cccnc6n7-c6ccccn6)c6ccccc56)ccc5ccc2c3c54)nc1. The first-order valence-electron chi connectivity index (χ1n) is 18.7.